The number of carbonyl (C=O) groups is 1. The predicted molar refractivity (Wildman–Crippen MR) is 118 cm³/mol. The number of carbonyl (C=O) groups excluding carboxylic acids is 1. The zero-order chi connectivity index (χ0) is 20.9. The largest absolute Gasteiger partial charge is 0.507 e. The molecule has 3 aromatic carbocycles. The van der Waals surface area contributed by atoms with Crippen molar-refractivity contribution in [2.45, 2.75) is 19.9 Å². The second-order valence-electron chi connectivity index (χ2n) is 7.12. The smallest absolute Gasteiger partial charge is 0.260 e. The number of nitrogens with zero attached hydrogens (tertiary/aromatic N) is 3. The van der Waals surface area contributed by atoms with E-state index in [2.05, 4.69) is 10.5 Å². The monoisotopic (exact) mass is 398 g/mol. The molecule has 0 radical (unpaired) electrons. The Kier molecular flexibility index (Phi) is 5.57. The molecule has 1 heterocycles. The number of aromatic nitrogens is 2. The van der Waals surface area contributed by atoms with Gasteiger partial charge in [0.25, 0.3) is 5.91 Å². The van der Waals surface area contributed by atoms with Crippen molar-refractivity contribution in [2.75, 3.05) is 0 Å². The van der Waals surface area contributed by atoms with Crippen molar-refractivity contribution in [1.29, 1.82) is 0 Å². The molecule has 4 rings (SSSR count). The van der Waals surface area contributed by atoms with Crippen LogP contribution in [0.4, 0.5) is 0 Å². The normalized spacial score (nSPS) is 11.2. The van der Waals surface area contributed by atoms with Crippen LogP contribution in [-0.2, 0) is 17.8 Å². The standard InChI is InChI=1S/C24H22N4O2/c1-17-11-12-22(29)19(13-17)15-25-27-24(30)16-28-21-10-6-5-9-20(21)26-23(28)14-18-7-3-2-4-8-18/h2-13,15,29H,14,16H2,1H3,(H,27,30)/b25-15+. The number of hydrazone groups is 1. The first-order chi connectivity index (χ1) is 14.6. The maximum Gasteiger partial charge on any atom is 0.260 e. The number of aromatic hydroxyl groups is 1. The van der Waals surface area contributed by atoms with Gasteiger partial charge in [-0.2, -0.15) is 5.10 Å². The van der Waals surface area contributed by atoms with Gasteiger partial charge in [-0.05, 0) is 36.8 Å². The molecule has 1 aromatic heterocycles. The van der Waals surface area contributed by atoms with Gasteiger partial charge in [-0.3, -0.25) is 4.79 Å². The minimum absolute atomic E-state index is 0.0970. The van der Waals surface area contributed by atoms with E-state index in [0.717, 1.165) is 28.0 Å². The summed E-state index contributed by atoms with van der Waals surface area (Å²) in [5.41, 5.74) is 6.97. The Labute approximate surface area is 174 Å². The van der Waals surface area contributed by atoms with Crippen LogP contribution in [0.2, 0.25) is 0 Å². The van der Waals surface area contributed by atoms with Crippen LogP contribution in [0.5, 0.6) is 5.75 Å². The van der Waals surface area contributed by atoms with Crippen LogP contribution < -0.4 is 5.43 Å². The van der Waals surface area contributed by atoms with Crippen LogP contribution in [0, 0.1) is 6.92 Å². The van der Waals surface area contributed by atoms with E-state index in [0.29, 0.717) is 12.0 Å². The number of benzene rings is 3. The summed E-state index contributed by atoms with van der Waals surface area (Å²) in [7, 11) is 0. The summed E-state index contributed by atoms with van der Waals surface area (Å²) in [5.74, 6) is 0.665. The Hall–Kier alpha value is -3.93. The average molecular weight is 398 g/mol. The third-order valence-electron chi connectivity index (χ3n) is 4.82. The lowest BCUT2D eigenvalue weighted by molar-refractivity contribution is -0.121. The molecule has 150 valence electrons. The Morgan fingerprint density at radius 3 is 2.70 bits per heavy atom. The topological polar surface area (TPSA) is 79.5 Å². The fourth-order valence-corrected chi connectivity index (χ4v) is 3.35. The molecule has 0 spiro atoms. The molecular weight excluding hydrogens is 376 g/mol. The van der Waals surface area contributed by atoms with E-state index in [4.69, 9.17) is 4.98 Å². The first-order valence-corrected chi connectivity index (χ1v) is 9.70. The van der Waals surface area contributed by atoms with Gasteiger partial charge in [-0.1, -0.05) is 54.1 Å². The van der Waals surface area contributed by atoms with Gasteiger partial charge in [0.05, 0.1) is 17.2 Å². The van der Waals surface area contributed by atoms with Crippen molar-refractivity contribution in [2.24, 2.45) is 5.10 Å². The number of imidazole rings is 1. The summed E-state index contributed by atoms with van der Waals surface area (Å²) in [6, 6.07) is 23.0. The number of para-hydroxylation sites is 2. The van der Waals surface area contributed by atoms with Crippen molar-refractivity contribution in [3.63, 3.8) is 0 Å². The number of phenolic OH excluding ortho intramolecular Hbond substituents is 1. The van der Waals surface area contributed by atoms with E-state index in [1.54, 1.807) is 12.1 Å². The van der Waals surface area contributed by atoms with Crippen LogP contribution in [-0.4, -0.2) is 26.8 Å². The predicted octanol–water partition coefficient (Wildman–Crippen LogP) is 3.79. The molecule has 0 unspecified atom stereocenters. The lowest BCUT2D eigenvalue weighted by atomic mass is 10.1. The molecule has 6 heteroatoms. The van der Waals surface area contributed by atoms with Gasteiger partial charge in [0, 0.05) is 12.0 Å². The third-order valence-corrected chi connectivity index (χ3v) is 4.82. The number of hydrogen-bond donors (Lipinski definition) is 2. The average Bonchev–Trinajstić information content (AvgIpc) is 3.08. The number of amides is 1. The Bertz CT molecular complexity index is 1210. The van der Waals surface area contributed by atoms with Crippen molar-refractivity contribution >= 4 is 23.2 Å². The quantitative estimate of drug-likeness (QED) is 0.383. The number of aryl methyl sites for hydroxylation is 1. The first kappa shape index (κ1) is 19.4. The fourth-order valence-electron chi connectivity index (χ4n) is 3.35. The van der Waals surface area contributed by atoms with E-state index < -0.39 is 0 Å². The molecule has 2 N–H and O–H groups in total. The Morgan fingerprint density at radius 1 is 1.10 bits per heavy atom. The fraction of sp³-hybridized carbons (Fsp3) is 0.125. The van der Waals surface area contributed by atoms with E-state index in [9.17, 15) is 9.90 Å². The molecule has 0 bridgehead atoms. The number of rotatable bonds is 6. The summed E-state index contributed by atoms with van der Waals surface area (Å²) < 4.78 is 1.91. The highest BCUT2D eigenvalue weighted by Crippen LogP contribution is 2.19. The van der Waals surface area contributed by atoms with E-state index in [1.165, 1.54) is 6.21 Å². The summed E-state index contributed by atoms with van der Waals surface area (Å²) in [6.07, 6.45) is 2.07. The Morgan fingerprint density at radius 2 is 1.87 bits per heavy atom. The van der Waals surface area contributed by atoms with Gasteiger partial charge in [0.2, 0.25) is 0 Å². The molecule has 0 atom stereocenters. The second kappa shape index (κ2) is 8.61. The highest BCUT2D eigenvalue weighted by Gasteiger charge is 2.14. The number of phenols is 1. The van der Waals surface area contributed by atoms with Gasteiger partial charge in [-0.15, -0.1) is 0 Å². The summed E-state index contributed by atoms with van der Waals surface area (Å²) in [4.78, 5) is 17.3. The molecule has 0 saturated carbocycles. The Balaban J connectivity index is 1.53. The molecular formula is C24H22N4O2. The van der Waals surface area contributed by atoms with Crippen LogP contribution in [0.1, 0.15) is 22.5 Å². The molecule has 4 aromatic rings. The number of nitrogens with one attached hydrogen (secondary N) is 1. The van der Waals surface area contributed by atoms with Gasteiger partial charge in [0.15, 0.2) is 0 Å². The van der Waals surface area contributed by atoms with Crippen molar-refractivity contribution in [3.05, 3.63) is 95.3 Å². The van der Waals surface area contributed by atoms with E-state index in [-0.39, 0.29) is 18.2 Å². The van der Waals surface area contributed by atoms with E-state index in [1.807, 2.05) is 72.2 Å². The number of fused-ring (bicyclic) bond motifs is 1. The number of hydrogen-bond acceptors (Lipinski definition) is 4. The van der Waals surface area contributed by atoms with Gasteiger partial charge < -0.3 is 9.67 Å². The molecule has 30 heavy (non-hydrogen) atoms. The molecule has 0 aliphatic carbocycles. The second-order valence-corrected chi connectivity index (χ2v) is 7.12. The molecule has 0 fully saturated rings. The van der Waals surface area contributed by atoms with Gasteiger partial charge >= 0.3 is 0 Å². The van der Waals surface area contributed by atoms with Crippen molar-refractivity contribution in [3.8, 4) is 5.75 Å². The molecule has 6 nitrogen and oxygen atoms in total. The zero-order valence-electron chi connectivity index (χ0n) is 16.6. The molecule has 0 saturated heterocycles. The van der Waals surface area contributed by atoms with Crippen LogP contribution in [0.25, 0.3) is 11.0 Å². The highest BCUT2D eigenvalue weighted by atomic mass is 16.3. The minimum Gasteiger partial charge on any atom is -0.507 e. The summed E-state index contributed by atoms with van der Waals surface area (Å²) in [5, 5.41) is 13.9. The SMILES string of the molecule is Cc1ccc(O)c(/C=N/NC(=O)Cn2c(Cc3ccccc3)nc3ccccc32)c1. The highest BCUT2D eigenvalue weighted by molar-refractivity contribution is 5.86. The van der Waals surface area contributed by atoms with Gasteiger partial charge in [-0.25, -0.2) is 10.4 Å². The minimum atomic E-state index is -0.268. The van der Waals surface area contributed by atoms with Crippen molar-refractivity contribution in [1.82, 2.24) is 15.0 Å². The summed E-state index contributed by atoms with van der Waals surface area (Å²) >= 11 is 0. The van der Waals surface area contributed by atoms with Crippen LogP contribution in [0.15, 0.2) is 77.9 Å². The molecule has 0 aliphatic rings. The zero-order valence-corrected chi connectivity index (χ0v) is 16.6. The van der Waals surface area contributed by atoms with E-state index >= 15 is 0 Å². The van der Waals surface area contributed by atoms with Gasteiger partial charge in [0.1, 0.15) is 18.1 Å². The molecule has 1 amide bonds. The van der Waals surface area contributed by atoms with Crippen LogP contribution in [0.3, 0.4) is 0 Å². The summed E-state index contributed by atoms with van der Waals surface area (Å²) in [6.45, 7) is 2.02. The molecule has 0 aliphatic heterocycles. The van der Waals surface area contributed by atoms with Crippen molar-refractivity contribution < 1.29 is 9.90 Å². The maximum absolute atomic E-state index is 12.6. The first-order valence-electron chi connectivity index (χ1n) is 9.70. The third kappa shape index (κ3) is 4.38. The maximum atomic E-state index is 12.6. The van der Waals surface area contributed by atoms with Crippen LogP contribution >= 0.6 is 0 Å². The lowest BCUT2D eigenvalue weighted by Gasteiger charge is -2.08. The lowest BCUT2D eigenvalue weighted by Crippen LogP contribution is -2.24.